The number of aliphatic hydroxyl groups excluding tert-OH is 1. The summed E-state index contributed by atoms with van der Waals surface area (Å²) in [6, 6.07) is 6.27. The highest BCUT2D eigenvalue weighted by Gasteiger charge is 2.08. The minimum Gasteiger partial charge on any atom is -0.392 e. The Labute approximate surface area is 90.8 Å². The number of nitrogens with zero attached hydrogens (tertiary/aromatic N) is 1. The van der Waals surface area contributed by atoms with Crippen LogP contribution in [0.15, 0.2) is 30.4 Å². The molecule has 0 spiro atoms. The fourth-order valence-electron chi connectivity index (χ4n) is 1.93. The molecule has 0 amide bonds. The van der Waals surface area contributed by atoms with Gasteiger partial charge in [-0.15, -0.1) is 0 Å². The van der Waals surface area contributed by atoms with Crippen LogP contribution in [0.4, 0.5) is 5.69 Å². The van der Waals surface area contributed by atoms with E-state index in [0.717, 1.165) is 25.1 Å². The smallest absolute Gasteiger partial charge is 0.0684 e. The molecule has 1 aromatic carbocycles. The molecule has 2 nitrogen and oxygen atoms in total. The highest BCUT2D eigenvalue weighted by Crippen LogP contribution is 2.20. The molecule has 0 fully saturated rings. The third-order valence-electron chi connectivity index (χ3n) is 2.92. The Bertz CT molecular complexity index is 371. The number of aryl methyl sites for hydroxylation is 1. The van der Waals surface area contributed by atoms with Crippen molar-refractivity contribution in [1.82, 2.24) is 0 Å². The van der Waals surface area contributed by atoms with E-state index >= 15 is 0 Å². The van der Waals surface area contributed by atoms with Crippen LogP contribution in [0.5, 0.6) is 0 Å². The molecular weight excluding hydrogens is 186 g/mol. The van der Waals surface area contributed by atoms with Gasteiger partial charge in [-0.05, 0) is 36.6 Å². The summed E-state index contributed by atoms with van der Waals surface area (Å²) < 4.78 is 0. The average molecular weight is 203 g/mol. The van der Waals surface area contributed by atoms with Crippen LogP contribution in [0.25, 0.3) is 0 Å². The number of anilines is 1. The molecule has 2 rings (SSSR count). The van der Waals surface area contributed by atoms with E-state index in [0.29, 0.717) is 0 Å². The van der Waals surface area contributed by atoms with Gasteiger partial charge in [-0.1, -0.05) is 18.2 Å². The van der Waals surface area contributed by atoms with Gasteiger partial charge >= 0.3 is 0 Å². The zero-order valence-corrected chi connectivity index (χ0v) is 9.11. The molecule has 0 saturated carbocycles. The lowest BCUT2D eigenvalue weighted by molar-refractivity contribution is 0.281. The first-order valence-corrected chi connectivity index (χ1v) is 5.41. The Kier molecular flexibility index (Phi) is 3.07. The summed E-state index contributed by atoms with van der Waals surface area (Å²) in [7, 11) is 0. The van der Waals surface area contributed by atoms with Crippen LogP contribution in [0.1, 0.15) is 17.5 Å². The SMILES string of the molecule is Cc1cc(N2CC=CCC2)ccc1CO. The van der Waals surface area contributed by atoms with Crippen LogP contribution in [0, 0.1) is 6.92 Å². The van der Waals surface area contributed by atoms with Crippen molar-refractivity contribution >= 4 is 5.69 Å². The minimum atomic E-state index is 0.131. The molecule has 0 bridgehead atoms. The third kappa shape index (κ3) is 2.21. The number of aliphatic hydroxyl groups is 1. The standard InChI is InChI=1S/C13H17NO/c1-11-9-13(6-5-12(11)10-15)14-7-3-2-4-8-14/h2-3,5-6,9,15H,4,7-8,10H2,1H3. The predicted octanol–water partition coefficient (Wildman–Crippen LogP) is 2.25. The molecule has 2 heteroatoms. The summed E-state index contributed by atoms with van der Waals surface area (Å²) >= 11 is 0. The maximum absolute atomic E-state index is 9.09. The molecule has 0 atom stereocenters. The Morgan fingerprint density at radius 1 is 1.33 bits per heavy atom. The highest BCUT2D eigenvalue weighted by atomic mass is 16.3. The molecule has 15 heavy (non-hydrogen) atoms. The highest BCUT2D eigenvalue weighted by molar-refractivity contribution is 5.51. The first kappa shape index (κ1) is 10.2. The van der Waals surface area contributed by atoms with Gasteiger partial charge in [-0.3, -0.25) is 0 Å². The molecule has 80 valence electrons. The lowest BCUT2D eigenvalue weighted by Gasteiger charge is -2.26. The van der Waals surface area contributed by atoms with Gasteiger partial charge in [0.1, 0.15) is 0 Å². The maximum Gasteiger partial charge on any atom is 0.0684 e. The summed E-state index contributed by atoms with van der Waals surface area (Å²) in [6.07, 6.45) is 5.56. The molecule has 1 aromatic rings. The van der Waals surface area contributed by atoms with Gasteiger partial charge in [0.25, 0.3) is 0 Å². The first-order chi connectivity index (χ1) is 7.31. The van der Waals surface area contributed by atoms with E-state index in [2.05, 4.69) is 36.1 Å². The Hall–Kier alpha value is -1.28. The van der Waals surface area contributed by atoms with E-state index in [1.165, 1.54) is 11.3 Å². The second-order valence-electron chi connectivity index (χ2n) is 3.97. The number of benzene rings is 1. The van der Waals surface area contributed by atoms with E-state index < -0.39 is 0 Å². The van der Waals surface area contributed by atoms with Crippen LogP contribution in [-0.4, -0.2) is 18.2 Å². The lowest BCUT2D eigenvalue weighted by Crippen LogP contribution is -2.26. The monoisotopic (exact) mass is 203 g/mol. The topological polar surface area (TPSA) is 23.5 Å². The molecule has 0 aromatic heterocycles. The number of rotatable bonds is 2. The Balaban J connectivity index is 2.21. The van der Waals surface area contributed by atoms with Crippen LogP contribution in [-0.2, 0) is 6.61 Å². The second kappa shape index (κ2) is 4.49. The first-order valence-electron chi connectivity index (χ1n) is 5.41. The van der Waals surface area contributed by atoms with E-state index in [-0.39, 0.29) is 6.61 Å². The van der Waals surface area contributed by atoms with E-state index in [1.54, 1.807) is 0 Å². The van der Waals surface area contributed by atoms with Crippen LogP contribution < -0.4 is 4.90 Å². The normalized spacial score (nSPS) is 15.7. The van der Waals surface area contributed by atoms with Crippen molar-refractivity contribution in [2.24, 2.45) is 0 Å². The molecule has 0 unspecified atom stereocenters. The Morgan fingerprint density at radius 2 is 2.20 bits per heavy atom. The van der Waals surface area contributed by atoms with Crippen molar-refractivity contribution in [3.8, 4) is 0 Å². The summed E-state index contributed by atoms with van der Waals surface area (Å²) in [6.45, 7) is 4.27. The lowest BCUT2D eigenvalue weighted by atomic mass is 10.1. The van der Waals surface area contributed by atoms with Gasteiger partial charge in [-0.25, -0.2) is 0 Å². The van der Waals surface area contributed by atoms with Gasteiger partial charge < -0.3 is 10.0 Å². The molecular formula is C13H17NO. The van der Waals surface area contributed by atoms with E-state index in [9.17, 15) is 0 Å². The van der Waals surface area contributed by atoms with Crippen LogP contribution in [0.2, 0.25) is 0 Å². The summed E-state index contributed by atoms with van der Waals surface area (Å²) in [5.74, 6) is 0. The fraction of sp³-hybridized carbons (Fsp3) is 0.385. The van der Waals surface area contributed by atoms with Gasteiger partial charge in [0.15, 0.2) is 0 Å². The molecule has 0 radical (unpaired) electrons. The van der Waals surface area contributed by atoms with Crippen LogP contribution in [0.3, 0.4) is 0 Å². The van der Waals surface area contributed by atoms with Gasteiger partial charge in [0.05, 0.1) is 6.61 Å². The van der Waals surface area contributed by atoms with Gasteiger partial charge in [-0.2, -0.15) is 0 Å². The van der Waals surface area contributed by atoms with Crippen molar-refractivity contribution < 1.29 is 5.11 Å². The summed E-state index contributed by atoms with van der Waals surface area (Å²) in [4.78, 5) is 2.36. The molecule has 1 aliphatic heterocycles. The van der Waals surface area contributed by atoms with Crippen molar-refractivity contribution in [2.45, 2.75) is 20.0 Å². The average Bonchev–Trinajstić information content (AvgIpc) is 2.30. The molecule has 1 heterocycles. The van der Waals surface area contributed by atoms with Crippen molar-refractivity contribution in [2.75, 3.05) is 18.0 Å². The largest absolute Gasteiger partial charge is 0.392 e. The van der Waals surface area contributed by atoms with Gasteiger partial charge in [0, 0.05) is 18.8 Å². The van der Waals surface area contributed by atoms with E-state index in [1.807, 2.05) is 6.07 Å². The maximum atomic E-state index is 9.09. The van der Waals surface area contributed by atoms with Crippen LogP contribution >= 0.6 is 0 Å². The molecule has 0 aliphatic carbocycles. The number of hydrogen-bond acceptors (Lipinski definition) is 2. The number of hydrogen-bond donors (Lipinski definition) is 1. The quantitative estimate of drug-likeness (QED) is 0.745. The minimum absolute atomic E-state index is 0.131. The summed E-state index contributed by atoms with van der Waals surface area (Å²) in [5, 5.41) is 9.09. The molecule has 1 aliphatic rings. The Morgan fingerprint density at radius 3 is 2.80 bits per heavy atom. The van der Waals surface area contributed by atoms with Crippen molar-refractivity contribution in [3.05, 3.63) is 41.5 Å². The second-order valence-corrected chi connectivity index (χ2v) is 3.97. The summed E-state index contributed by atoms with van der Waals surface area (Å²) in [5.41, 5.74) is 3.45. The fourth-order valence-corrected chi connectivity index (χ4v) is 1.93. The van der Waals surface area contributed by atoms with Crippen molar-refractivity contribution in [3.63, 3.8) is 0 Å². The zero-order chi connectivity index (χ0) is 10.7. The third-order valence-corrected chi connectivity index (χ3v) is 2.92. The van der Waals surface area contributed by atoms with E-state index in [4.69, 9.17) is 5.11 Å². The zero-order valence-electron chi connectivity index (χ0n) is 9.11. The van der Waals surface area contributed by atoms with Crippen molar-refractivity contribution in [1.29, 1.82) is 0 Å². The predicted molar refractivity (Wildman–Crippen MR) is 63.1 cm³/mol. The molecule has 1 N–H and O–H groups in total. The molecule has 0 saturated heterocycles. The van der Waals surface area contributed by atoms with Gasteiger partial charge in [0.2, 0.25) is 0 Å².